The Hall–Kier alpha value is -3.49. The molecule has 1 heterocycles. The van der Waals surface area contributed by atoms with Gasteiger partial charge in [0.05, 0.1) is 17.3 Å². The number of carboxylic acid groups (broad SMARTS) is 1. The van der Waals surface area contributed by atoms with Crippen LogP contribution in [0.25, 0.3) is 11.3 Å². The van der Waals surface area contributed by atoms with Crippen LogP contribution in [0.2, 0.25) is 5.02 Å². The first-order chi connectivity index (χ1) is 17.9. The van der Waals surface area contributed by atoms with Gasteiger partial charge in [-0.1, -0.05) is 35.9 Å². The van der Waals surface area contributed by atoms with Crippen molar-refractivity contribution in [3.63, 3.8) is 0 Å². The molecule has 3 aromatic rings. The molecule has 2 aromatic carbocycles. The summed E-state index contributed by atoms with van der Waals surface area (Å²) in [6.45, 7) is 5.42. The molecule has 1 aliphatic rings. The topological polar surface area (TPSA) is 125 Å². The molecule has 0 saturated heterocycles. The van der Waals surface area contributed by atoms with Gasteiger partial charge in [0, 0.05) is 22.1 Å². The Kier molecular flexibility index (Phi) is 7.76. The Bertz CT molecular complexity index is 1390. The molecule has 1 fully saturated rings. The number of carbonyl (C=O) groups excluding carboxylic acids is 1. The van der Waals surface area contributed by atoms with Crippen molar-refractivity contribution in [3.05, 3.63) is 87.2 Å². The Balaban J connectivity index is 1.63. The lowest BCUT2D eigenvalue weighted by molar-refractivity contribution is -0.159. The molecule has 0 spiro atoms. The van der Waals surface area contributed by atoms with E-state index < -0.39 is 29.0 Å². The van der Waals surface area contributed by atoms with E-state index in [4.69, 9.17) is 27.2 Å². The number of benzene rings is 2. The molecule has 0 aliphatic heterocycles. The second kappa shape index (κ2) is 10.7. The average molecular weight is 538 g/mol. The fourth-order valence-electron chi connectivity index (χ4n) is 5.15. The predicted octanol–water partition coefficient (Wildman–Crippen LogP) is 4.98. The predicted molar refractivity (Wildman–Crippen MR) is 145 cm³/mol. The monoisotopic (exact) mass is 537 g/mol. The first kappa shape index (κ1) is 27.5. The maximum absolute atomic E-state index is 13.1. The van der Waals surface area contributed by atoms with Crippen LogP contribution in [0.4, 0.5) is 0 Å². The number of carbonyl (C=O) groups is 2. The van der Waals surface area contributed by atoms with Crippen LogP contribution in [0, 0.1) is 0 Å². The Morgan fingerprint density at radius 1 is 1.11 bits per heavy atom. The quantitative estimate of drug-likeness (QED) is 0.425. The molecule has 9 heteroatoms. The molecule has 0 bridgehead atoms. The summed E-state index contributed by atoms with van der Waals surface area (Å²) >= 11 is 6.32. The summed E-state index contributed by atoms with van der Waals surface area (Å²) in [5.41, 5.74) is 7.32. The molecular weight excluding hydrogens is 506 g/mol. The van der Waals surface area contributed by atoms with E-state index in [1.807, 2.05) is 18.2 Å². The van der Waals surface area contributed by atoms with E-state index in [1.165, 1.54) is 22.9 Å². The molecular formula is C29H32ClN3O5. The molecule has 8 nitrogen and oxygen atoms in total. The maximum Gasteiger partial charge on any atom is 0.335 e. The van der Waals surface area contributed by atoms with Crippen LogP contribution in [-0.2, 0) is 14.9 Å². The van der Waals surface area contributed by atoms with Gasteiger partial charge in [-0.15, -0.1) is 0 Å². The Morgan fingerprint density at radius 2 is 1.76 bits per heavy atom. The number of halogens is 1. The number of carboxylic acids is 1. The minimum Gasteiger partial charge on any atom is -0.478 e. The largest absolute Gasteiger partial charge is 0.478 e. The van der Waals surface area contributed by atoms with E-state index in [-0.39, 0.29) is 17.2 Å². The van der Waals surface area contributed by atoms with Gasteiger partial charge in [-0.2, -0.15) is 5.10 Å². The van der Waals surface area contributed by atoms with Gasteiger partial charge in [-0.05, 0) is 82.3 Å². The van der Waals surface area contributed by atoms with Crippen LogP contribution in [0.5, 0.6) is 0 Å². The fourth-order valence-corrected chi connectivity index (χ4v) is 5.35. The standard InChI is InChI=1S/C29H32ClN3O5/c1-28(2,3)38-27(37)25(31)29(20-5-4-6-21(30)17-20)15-13-22(14-16-29)33-24(34)12-11-23(32-33)18-7-9-19(10-8-18)26(35)36/h4-12,17,22,25H,13-16,31H2,1-3H3,(H,35,36). The van der Waals surface area contributed by atoms with Crippen molar-refractivity contribution in [2.24, 2.45) is 5.73 Å². The third-order valence-corrected chi connectivity index (χ3v) is 7.34. The van der Waals surface area contributed by atoms with Crippen LogP contribution >= 0.6 is 11.6 Å². The SMILES string of the molecule is CC(C)(C)OC(=O)C(N)C1(c2cccc(Cl)c2)CCC(n2nc(-c3ccc(C(=O)O)cc3)ccc2=O)CC1. The second-order valence-electron chi connectivity index (χ2n) is 10.8. The number of esters is 1. The van der Waals surface area contributed by atoms with Gasteiger partial charge < -0.3 is 15.6 Å². The van der Waals surface area contributed by atoms with Gasteiger partial charge in [0.1, 0.15) is 11.6 Å². The van der Waals surface area contributed by atoms with E-state index >= 15 is 0 Å². The number of hydrogen-bond donors (Lipinski definition) is 2. The summed E-state index contributed by atoms with van der Waals surface area (Å²) in [4.78, 5) is 37.1. The van der Waals surface area contributed by atoms with Crippen molar-refractivity contribution in [3.8, 4) is 11.3 Å². The van der Waals surface area contributed by atoms with Crippen LogP contribution in [0.15, 0.2) is 65.5 Å². The highest BCUT2D eigenvalue weighted by Crippen LogP contribution is 2.45. The third kappa shape index (κ3) is 5.81. The first-order valence-corrected chi connectivity index (χ1v) is 13.0. The molecule has 4 rings (SSSR count). The van der Waals surface area contributed by atoms with Crippen LogP contribution in [0.1, 0.15) is 68.4 Å². The highest BCUT2D eigenvalue weighted by atomic mass is 35.5. The molecule has 1 aliphatic carbocycles. The van der Waals surface area contributed by atoms with Gasteiger partial charge in [0.2, 0.25) is 0 Å². The van der Waals surface area contributed by atoms with Crippen molar-refractivity contribution in [2.45, 2.75) is 69.6 Å². The number of rotatable bonds is 6. The number of aromatic nitrogens is 2. The zero-order valence-electron chi connectivity index (χ0n) is 21.7. The molecule has 1 aromatic heterocycles. The highest BCUT2D eigenvalue weighted by molar-refractivity contribution is 6.30. The van der Waals surface area contributed by atoms with Gasteiger partial charge in [-0.3, -0.25) is 9.59 Å². The normalized spacial score (nSPS) is 20.5. The van der Waals surface area contributed by atoms with E-state index in [9.17, 15) is 14.4 Å². The van der Waals surface area contributed by atoms with E-state index in [0.717, 1.165) is 5.56 Å². The number of hydrogen-bond acceptors (Lipinski definition) is 6. The smallest absolute Gasteiger partial charge is 0.335 e. The van der Waals surface area contributed by atoms with E-state index in [0.29, 0.717) is 42.0 Å². The second-order valence-corrected chi connectivity index (χ2v) is 11.2. The van der Waals surface area contributed by atoms with Crippen LogP contribution in [0.3, 0.4) is 0 Å². The molecule has 0 radical (unpaired) electrons. The van der Waals surface area contributed by atoms with Gasteiger partial charge >= 0.3 is 11.9 Å². The molecule has 1 unspecified atom stereocenters. The Morgan fingerprint density at radius 3 is 2.34 bits per heavy atom. The van der Waals surface area contributed by atoms with Crippen molar-refractivity contribution in [2.75, 3.05) is 0 Å². The van der Waals surface area contributed by atoms with Crippen molar-refractivity contribution in [1.82, 2.24) is 9.78 Å². The molecule has 3 N–H and O–H groups in total. The van der Waals surface area contributed by atoms with Crippen molar-refractivity contribution < 1.29 is 19.4 Å². The maximum atomic E-state index is 13.1. The fraction of sp³-hybridized carbons (Fsp3) is 0.379. The zero-order valence-corrected chi connectivity index (χ0v) is 22.4. The molecule has 200 valence electrons. The van der Waals surface area contributed by atoms with E-state index in [1.54, 1.807) is 45.0 Å². The number of aromatic carboxylic acids is 1. The number of ether oxygens (including phenoxy) is 1. The summed E-state index contributed by atoms with van der Waals surface area (Å²) < 4.78 is 7.13. The molecule has 0 amide bonds. The average Bonchev–Trinajstić information content (AvgIpc) is 2.88. The highest BCUT2D eigenvalue weighted by Gasteiger charge is 2.47. The lowest BCUT2D eigenvalue weighted by Crippen LogP contribution is -2.54. The summed E-state index contributed by atoms with van der Waals surface area (Å²) in [5, 5.41) is 14.3. The molecule has 1 saturated carbocycles. The zero-order chi connectivity index (χ0) is 27.7. The minimum atomic E-state index is -1.01. The summed E-state index contributed by atoms with van der Waals surface area (Å²) in [6.07, 6.45) is 2.20. The van der Waals surface area contributed by atoms with Crippen molar-refractivity contribution >= 4 is 23.5 Å². The van der Waals surface area contributed by atoms with Gasteiger partial charge in [-0.25, -0.2) is 9.48 Å². The number of nitrogens with zero attached hydrogens (tertiary/aromatic N) is 2. The lowest BCUT2D eigenvalue weighted by atomic mass is 9.64. The van der Waals surface area contributed by atoms with Gasteiger partial charge in [0.25, 0.3) is 5.56 Å². The number of nitrogens with two attached hydrogens (primary N) is 1. The summed E-state index contributed by atoms with van der Waals surface area (Å²) in [6, 6.07) is 15.8. The molecule has 1 atom stereocenters. The lowest BCUT2D eigenvalue weighted by Gasteiger charge is -2.44. The van der Waals surface area contributed by atoms with E-state index in [2.05, 4.69) is 5.10 Å². The summed E-state index contributed by atoms with van der Waals surface area (Å²) in [5.74, 6) is -1.48. The van der Waals surface area contributed by atoms with Gasteiger partial charge in [0.15, 0.2) is 0 Å². The first-order valence-electron chi connectivity index (χ1n) is 12.6. The van der Waals surface area contributed by atoms with Crippen LogP contribution in [-0.4, -0.2) is 38.5 Å². The van der Waals surface area contributed by atoms with Crippen molar-refractivity contribution in [1.29, 1.82) is 0 Å². The Labute approximate surface area is 226 Å². The summed E-state index contributed by atoms with van der Waals surface area (Å²) in [7, 11) is 0. The minimum absolute atomic E-state index is 0.174. The van der Waals surface area contributed by atoms with Crippen LogP contribution < -0.4 is 11.3 Å². The third-order valence-electron chi connectivity index (χ3n) is 7.10. The molecule has 38 heavy (non-hydrogen) atoms.